The van der Waals surface area contributed by atoms with Crippen molar-refractivity contribution in [1.29, 1.82) is 0 Å². The van der Waals surface area contributed by atoms with Crippen LogP contribution in [-0.4, -0.2) is 28.5 Å². The van der Waals surface area contributed by atoms with Gasteiger partial charge < -0.3 is 9.47 Å². The Hall–Kier alpha value is -1.53. The van der Waals surface area contributed by atoms with E-state index in [1.165, 1.54) is 11.8 Å². The highest BCUT2D eigenvalue weighted by Gasteiger charge is 2.31. The Bertz CT molecular complexity index is 612. The maximum absolute atomic E-state index is 12.2. The average molecular weight is 307 g/mol. The van der Waals surface area contributed by atoms with Gasteiger partial charge in [0.05, 0.1) is 4.91 Å². The predicted octanol–water partition coefficient (Wildman–Crippen LogP) is 3.03. The predicted molar refractivity (Wildman–Crippen MR) is 82.7 cm³/mol. The Morgan fingerprint density at radius 2 is 2.20 bits per heavy atom. The molecule has 1 saturated heterocycles. The summed E-state index contributed by atoms with van der Waals surface area (Å²) in [5.74, 6) is 1.43. The molecule has 4 nitrogen and oxygen atoms in total. The van der Waals surface area contributed by atoms with E-state index >= 15 is 0 Å². The van der Waals surface area contributed by atoms with Gasteiger partial charge in [0.25, 0.3) is 5.91 Å². The third kappa shape index (κ3) is 2.41. The number of thioether (sulfide) groups is 1. The highest BCUT2D eigenvalue weighted by Crippen LogP contribution is 2.36. The van der Waals surface area contributed by atoms with E-state index in [-0.39, 0.29) is 12.7 Å². The van der Waals surface area contributed by atoms with E-state index in [1.54, 1.807) is 4.90 Å². The maximum atomic E-state index is 12.2. The van der Waals surface area contributed by atoms with Crippen molar-refractivity contribution < 1.29 is 14.3 Å². The van der Waals surface area contributed by atoms with E-state index < -0.39 is 0 Å². The number of benzene rings is 1. The van der Waals surface area contributed by atoms with Crippen molar-refractivity contribution in [2.45, 2.75) is 13.3 Å². The minimum atomic E-state index is -0.0143. The van der Waals surface area contributed by atoms with Gasteiger partial charge >= 0.3 is 0 Å². The molecule has 0 N–H and O–H groups in total. The van der Waals surface area contributed by atoms with Crippen LogP contribution >= 0.6 is 24.0 Å². The molecule has 0 spiro atoms. The Balaban J connectivity index is 1.86. The summed E-state index contributed by atoms with van der Waals surface area (Å²) in [4.78, 5) is 14.5. The van der Waals surface area contributed by atoms with Gasteiger partial charge in [-0.1, -0.05) is 37.0 Å². The van der Waals surface area contributed by atoms with E-state index in [0.717, 1.165) is 17.7 Å². The fraction of sp³-hybridized carbons (Fsp3) is 0.286. The number of nitrogens with zero attached hydrogens (tertiary/aromatic N) is 1. The van der Waals surface area contributed by atoms with Gasteiger partial charge in [-0.3, -0.25) is 9.69 Å². The van der Waals surface area contributed by atoms with Crippen LogP contribution in [0.1, 0.15) is 18.9 Å². The molecule has 6 heteroatoms. The summed E-state index contributed by atoms with van der Waals surface area (Å²) in [6.07, 6.45) is 2.74. The number of ether oxygens (including phenoxy) is 2. The maximum Gasteiger partial charge on any atom is 0.266 e. The molecule has 2 heterocycles. The highest BCUT2D eigenvalue weighted by molar-refractivity contribution is 8.26. The molecule has 1 aromatic rings. The zero-order chi connectivity index (χ0) is 14.1. The van der Waals surface area contributed by atoms with Crippen molar-refractivity contribution in [2.24, 2.45) is 0 Å². The van der Waals surface area contributed by atoms with Crippen molar-refractivity contribution in [3.63, 3.8) is 0 Å². The molecule has 20 heavy (non-hydrogen) atoms. The molecule has 0 aromatic heterocycles. The molecule has 0 unspecified atom stereocenters. The molecule has 0 saturated carbocycles. The minimum absolute atomic E-state index is 0.0143. The molecule has 1 aromatic carbocycles. The topological polar surface area (TPSA) is 38.8 Å². The molecule has 0 bridgehead atoms. The Labute approximate surface area is 126 Å². The lowest BCUT2D eigenvalue weighted by molar-refractivity contribution is -0.122. The third-order valence-corrected chi connectivity index (χ3v) is 4.39. The molecule has 1 fully saturated rings. The second-order valence-electron chi connectivity index (χ2n) is 4.45. The van der Waals surface area contributed by atoms with Crippen molar-refractivity contribution in [2.75, 3.05) is 13.3 Å². The molecule has 104 valence electrons. The lowest BCUT2D eigenvalue weighted by atomic mass is 10.2. The van der Waals surface area contributed by atoms with Gasteiger partial charge in [-0.15, -0.1) is 0 Å². The largest absolute Gasteiger partial charge is 0.454 e. The van der Waals surface area contributed by atoms with Crippen LogP contribution < -0.4 is 9.47 Å². The molecule has 0 radical (unpaired) electrons. The molecule has 0 aliphatic carbocycles. The van der Waals surface area contributed by atoms with Crippen LogP contribution in [0.25, 0.3) is 6.08 Å². The molecular weight excluding hydrogens is 294 g/mol. The van der Waals surface area contributed by atoms with E-state index in [1.807, 2.05) is 31.2 Å². The normalized spacial score (nSPS) is 19.2. The minimum Gasteiger partial charge on any atom is -0.454 e. The first-order chi connectivity index (χ1) is 9.69. The lowest BCUT2D eigenvalue weighted by Gasteiger charge is -2.11. The number of hydrogen-bond donors (Lipinski definition) is 0. The van der Waals surface area contributed by atoms with Crippen LogP contribution in [0.2, 0.25) is 0 Å². The fourth-order valence-corrected chi connectivity index (χ4v) is 3.38. The van der Waals surface area contributed by atoms with E-state index in [9.17, 15) is 4.79 Å². The molecule has 0 atom stereocenters. The summed E-state index contributed by atoms with van der Waals surface area (Å²) in [5, 5.41) is 0. The van der Waals surface area contributed by atoms with Gasteiger partial charge in [-0.05, 0) is 30.2 Å². The average Bonchev–Trinajstić information content (AvgIpc) is 2.99. The van der Waals surface area contributed by atoms with E-state index in [2.05, 4.69) is 0 Å². The van der Waals surface area contributed by atoms with Crippen molar-refractivity contribution in [1.82, 2.24) is 4.90 Å². The Morgan fingerprint density at radius 3 is 3.00 bits per heavy atom. The van der Waals surface area contributed by atoms with Crippen LogP contribution in [0.5, 0.6) is 11.5 Å². The number of amides is 1. The molecule has 3 rings (SSSR count). The standard InChI is InChI=1S/C14H13NO3S2/c1-2-5-15-13(16)12(20-14(15)19)7-9-3-4-10-11(6-9)18-8-17-10/h3-4,6-7H,2,5,8H2,1H3/b12-7+. The summed E-state index contributed by atoms with van der Waals surface area (Å²) in [7, 11) is 0. The van der Waals surface area contributed by atoms with E-state index in [0.29, 0.717) is 21.5 Å². The van der Waals surface area contributed by atoms with Gasteiger partial charge in [0.1, 0.15) is 4.32 Å². The molecule has 2 aliphatic heterocycles. The molecular formula is C14H13NO3S2. The summed E-state index contributed by atoms with van der Waals surface area (Å²) >= 11 is 6.58. The smallest absolute Gasteiger partial charge is 0.266 e. The number of carbonyl (C=O) groups is 1. The number of hydrogen-bond acceptors (Lipinski definition) is 5. The summed E-state index contributed by atoms with van der Waals surface area (Å²) in [6, 6.07) is 5.62. The lowest BCUT2D eigenvalue weighted by Crippen LogP contribution is -2.28. The van der Waals surface area contributed by atoms with Crippen LogP contribution in [0, 0.1) is 0 Å². The highest BCUT2D eigenvalue weighted by atomic mass is 32.2. The van der Waals surface area contributed by atoms with Crippen molar-refractivity contribution in [3.8, 4) is 11.5 Å². The SMILES string of the molecule is CCCN1C(=O)/C(=C\c2ccc3c(c2)OCO3)SC1=S. The Morgan fingerprint density at radius 1 is 1.40 bits per heavy atom. The Kier molecular flexibility index (Phi) is 3.67. The number of thiocarbonyl (C=S) groups is 1. The van der Waals surface area contributed by atoms with Gasteiger partial charge in [0, 0.05) is 6.54 Å². The monoisotopic (exact) mass is 307 g/mol. The first-order valence-electron chi connectivity index (χ1n) is 6.34. The first kappa shape index (κ1) is 13.5. The first-order valence-corrected chi connectivity index (χ1v) is 7.56. The molecule has 2 aliphatic rings. The van der Waals surface area contributed by atoms with Gasteiger partial charge in [0.15, 0.2) is 11.5 Å². The zero-order valence-corrected chi connectivity index (χ0v) is 12.6. The summed E-state index contributed by atoms with van der Waals surface area (Å²) in [5.41, 5.74) is 0.909. The number of fused-ring (bicyclic) bond motifs is 1. The summed E-state index contributed by atoms with van der Waals surface area (Å²) < 4.78 is 11.2. The quantitative estimate of drug-likeness (QED) is 0.634. The second kappa shape index (κ2) is 5.46. The van der Waals surface area contributed by atoms with Crippen LogP contribution in [0.4, 0.5) is 0 Å². The van der Waals surface area contributed by atoms with Gasteiger partial charge in [-0.2, -0.15) is 0 Å². The van der Waals surface area contributed by atoms with Gasteiger partial charge in [0.2, 0.25) is 6.79 Å². The van der Waals surface area contributed by atoms with Crippen LogP contribution in [-0.2, 0) is 4.79 Å². The van der Waals surface area contributed by atoms with Crippen molar-refractivity contribution >= 4 is 40.3 Å². The van der Waals surface area contributed by atoms with Crippen molar-refractivity contribution in [3.05, 3.63) is 28.7 Å². The van der Waals surface area contributed by atoms with E-state index in [4.69, 9.17) is 21.7 Å². The zero-order valence-electron chi connectivity index (χ0n) is 10.9. The third-order valence-electron chi connectivity index (χ3n) is 3.02. The number of carbonyl (C=O) groups excluding carboxylic acids is 1. The second-order valence-corrected chi connectivity index (χ2v) is 6.12. The van der Waals surface area contributed by atoms with Crippen LogP contribution in [0.3, 0.4) is 0 Å². The van der Waals surface area contributed by atoms with Gasteiger partial charge in [-0.25, -0.2) is 0 Å². The summed E-state index contributed by atoms with van der Waals surface area (Å²) in [6.45, 7) is 2.95. The number of rotatable bonds is 3. The molecule has 1 amide bonds. The fourth-order valence-electron chi connectivity index (χ4n) is 2.07. The van der Waals surface area contributed by atoms with Crippen LogP contribution in [0.15, 0.2) is 23.1 Å².